The smallest absolute Gasteiger partial charge is 0.118 e. The monoisotopic (exact) mass is 252 g/mol. The lowest BCUT2D eigenvalue weighted by molar-refractivity contribution is 0.173. The molecule has 3 heteroatoms. The van der Waals surface area contributed by atoms with Crippen LogP contribution in [-0.2, 0) is 0 Å². The molecule has 102 valence electrons. The fourth-order valence-electron chi connectivity index (χ4n) is 2.46. The second-order valence-electron chi connectivity index (χ2n) is 4.62. The highest BCUT2D eigenvalue weighted by Gasteiger charge is 2.21. The number of hydrogen-bond donors (Lipinski definition) is 2. The van der Waals surface area contributed by atoms with Crippen molar-refractivity contribution in [3.63, 3.8) is 0 Å². The van der Waals surface area contributed by atoms with Crippen LogP contribution in [0.15, 0.2) is 24.3 Å². The minimum Gasteiger partial charge on any atom is -0.497 e. The number of methoxy groups -OCH3 is 1. The summed E-state index contributed by atoms with van der Waals surface area (Å²) in [5.74, 6) is 1.26. The summed E-state index contributed by atoms with van der Waals surface area (Å²) in [6.07, 6.45) is 2.72. The zero-order chi connectivity index (χ0) is 13.4. The first-order valence-corrected chi connectivity index (χ1v) is 6.62. The maximum atomic E-state index is 9.51. The van der Waals surface area contributed by atoms with Crippen LogP contribution in [0.5, 0.6) is 5.75 Å². The number of aliphatic hydroxyl groups excluding tert-OH is 2. The van der Waals surface area contributed by atoms with Crippen molar-refractivity contribution in [1.29, 1.82) is 0 Å². The SMILES string of the molecule is CCC[C@@H](CO)[C@@H](CCO)c1ccc(OC)cc1. The first kappa shape index (κ1) is 15.0. The normalized spacial score (nSPS) is 14.2. The summed E-state index contributed by atoms with van der Waals surface area (Å²) in [6, 6.07) is 7.91. The van der Waals surface area contributed by atoms with Crippen molar-refractivity contribution < 1.29 is 14.9 Å². The molecule has 0 radical (unpaired) electrons. The van der Waals surface area contributed by atoms with Crippen molar-refractivity contribution in [2.75, 3.05) is 20.3 Å². The van der Waals surface area contributed by atoms with Crippen molar-refractivity contribution in [3.05, 3.63) is 29.8 Å². The van der Waals surface area contributed by atoms with Gasteiger partial charge in [-0.3, -0.25) is 0 Å². The van der Waals surface area contributed by atoms with Crippen LogP contribution in [0.1, 0.15) is 37.7 Å². The Balaban J connectivity index is 2.87. The number of hydrogen-bond acceptors (Lipinski definition) is 3. The van der Waals surface area contributed by atoms with Crippen molar-refractivity contribution in [2.24, 2.45) is 5.92 Å². The van der Waals surface area contributed by atoms with Gasteiger partial charge in [0.2, 0.25) is 0 Å². The van der Waals surface area contributed by atoms with Crippen LogP contribution in [0.4, 0.5) is 0 Å². The lowest BCUT2D eigenvalue weighted by atomic mass is 9.81. The molecule has 1 aromatic rings. The van der Waals surface area contributed by atoms with E-state index in [0.717, 1.165) is 24.2 Å². The third-order valence-corrected chi connectivity index (χ3v) is 3.45. The van der Waals surface area contributed by atoms with Gasteiger partial charge in [0.1, 0.15) is 5.75 Å². The van der Waals surface area contributed by atoms with E-state index in [9.17, 15) is 10.2 Å². The van der Waals surface area contributed by atoms with Crippen LogP contribution in [0.25, 0.3) is 0 Å². The average Bonchev–Trinajstić information content (AvgIpc) is 2.43. The third-order valence-electron chi connectivity index (χ3n) is 3.45. The van der Waals surface area contributed by atoms with Crippen LogP contribution >= 0.6 is 0 Å². The standard InChI is InChI=1S/C15H24O3/c1-3-4-13(11-17)15(9-10-16)12-5-7-14(18-2)8-6-12/h5-8,13,15-17H,3-4,9-11H2,1-2H3/t13-,15-/m0/s1. The summed E-state index contributed by atoms with van der Waals surface area (Å²) in [5.41, 5.74) is 1.16. The first-order chi connectivity index (χ1) is 8.76. The molecule has 3 nitrogen and oxygen atoms in total. The first-order valence-electron chi connectivity index (χ1n) is 6.62. The van der Waals surface area contributed by atoms with Gasteiger partial charge in [-0.2, -0.15) is 0 Å². The summed E-state index contributed by atoms with van der Waals surface area (Å²) in [5, 5.41) is 18.7. The Morgan fingerprint density at radius 2 is 1.78 bits per heavy atom. The zero-order valence-electron chi connectivity index (χ0n) is 11.3. The van der Waals surface area contributed by atoms with E-state index in [4.69, 9.17) is 4.74 Å². The van der Waals surface area contributed by atoms with Gasteiger partial charge in [0.05, 0.1) is 7.11 Å². The van der Waals surface area contributed by atoms with E-state index in [1.54, 1.807) is 7.11 Å². The average molecular weight is 252 g/mol. The van der Waals surface area contributed by atoms with E-state index in [-0.39, 0.29) is 25.0 Å². The van der Waals surface area contributed by atoms with Crippen LogP contribution < -0.4 is 4.74 Å². The third kappa shape index (κ3) is 4.00. The number of ether oxygens (including phenoxy) is 1. The van der Waals surface area contributed by atoms with Crippen LogP contribution in [0.3, 0.4) is 0 Å². The molecule has 0 spiro atoms. The summed E-state index contributed by atoms with van der Waals surface area (Å²) in [6.45, 7) is 2.44. The molecule has 0 unspecified atom stereocenters. The van der Waals surface area contributed by atoms with E-state index < -0.39 is 0 Å². The lowest BCUT2D eigenvalue weighted by Gasteiger charge is -2.25. The van der Waals surface area contributed by atoms with Crippen molar-refractivity contribution in [2.45, 2.75) is 32.1 Å². The van der Waals surface area contributed by atoms with Crippen molar-refractivity contribution >= 4 is 0 Å². The fourth-order valence-corrected chi connectivity index (χ4v) is 2.46. The van der Waals surface area contributed by atoms with Gasteiger partial charge in [-0.1, -0.05) is 25.5 Å². The van der Waals surface area contributed by atoms with Gasteiger partial charge in [-0.15, -0.1) is 0 Å². The maximum Gasteiger partial charge on any atom is 0.118 e. The Morgan fingerprint density at radius 3 is 2.22 bits per heavy atom. The van der Waals surface area contributed by atoms with Gasteiger partial charge < -0.3 is 14.9 Å². The highest BCUT2D eigenvalue weighted by atomic mass is 16.5. The fraction of sp³-hybridized carbons (Fsp3) is 0.600. The Hall–Kier alpha value is -1.06. The molecule has 0 saturated heterocycles. The van der Waals surface area contributed by atoms with Crippen molar-refractivity contribution in [3.8, 4) is 5.75 Å². The topological polar surface area (TPSA) is 49.7 Å². The van der Waals surface area contributed by atoms with Crippen LogP contribution in [-0.4, -0.2) is 30.5 Å². The molecule has 0 aliphatic heterocycles. The number of benzene rings is 1. The van der Waals surface area contributed by atoms with Gasteiger partial charge in [0, 0.05) is 13.2 Å². The molecule has 0 aliphatic carbocycles. The zero-order valence-corrected chi connectivity index (χ0v) is 11.3. The molecule has 2 atom stereocenters. The lowest BCUT2D eigenvalue weighted by Crippen LogP contribution is -2.18. The highest BCUT2D eigenvalue weighted by molar-refractivity contribution is 5.29. The van der Waals surface area contributed by atoms with Crippen LogP contribution in [0.2, 0.25) is 0 Å². The summed E-state index contributed by atoms with van der Waals surface area (Å²) >= 11 is 0. The second-order valence-corrected chi connectivity index (χ2v) is 4.62. The minimum absolute atomic E-state index is 0.150. The highest BCUT2D eigenvalue weighted by Crippen LogP contribution is 2.31. The van der Waals surface area contributed by atoms with Crippen molar-refractivity contribution in [1.82, 2.24) is 0 Å². The van der Waals surface area contributed by atoms with E-state index in [1.807, 2.05) is 24.3 Å². The van der Waals surface area contributed by atoms with Gasteiger partial charge in [-0.25, -0.2) is 0 Å². The predicted octanol–water partition coefficient (Wildman–Crippen LogP) is 2.57. The quantitative estimate of drug-likeness (QED) is 0.747. The Labute approximate surface area is 109 Å². The van der Waals surface area contributed by atoms with Gasteiger partial charge in [-0.05, 0) is 42.4 Å². The van der Waals surface area contributed by atoms with E-state index in [0.29, 0.717) is 6.42 Å². The van der Waals surface area contributed by atoms with Crippen LogP contribution in [0, 0.1) is 5.92 Å². The molecule has 0 fully saturated rings. The molecule has 1 rings (SSSR count). The van der Waals surface area contributed by atoms with E-state index in [2.05, 4.69) is 6.92 Å². The van der Waals surface area contributed by atoms with E-state index in [1.165, 1.54) is 0 Å². The largest absolute Gasteiger partial charge is 0.497 e. The number of rotatable bonds is 8. The molecular weight excluding hydrogens is 228 g/mol. The van der Waals surface area contributed by atoms with Gasteiger partial charge in [0.25, 0.3) is 0 Å². The molecule has 1 aromatic carbocycles. The Kier molecular flexibility index (Phi) is 6.76. The molecular formula is C15H24O3. The predicted molar refractivity (Wildman–Crippen MR) is 72.9 cm³/mol. The van der Waals surface area contributed by atoms with Gasteiger partial charge >= 0.3 is 0 Å². The van der Waals surface area contributed by atoms with Gasteiger partial charge in [0.15, 0.2) is 0 Å². The molecule has 0 aliphatic rings. The molecule has 0 amide bonds. The molecule has 18 heavy (non-hydrogen) atoms. The summed E-state index contributed by atoms with van der Waals surface area (Å²) in [4.78, 5) is 0. The molecule has 2 N–H and O–H groups in total. The number of aliphatic hydroxyl groups is 2. The Bertz CT molecular complexity index is 321. The Morgan fingerprint density at radius 1 is 1.11 bits per heavy atom. The van der Waals surface area contributed by atoms with E-state index >= 15 is 0 Å². The molecule has 0 saturated carbocycles. The molecule has 0 bridgehead atoms. The second kappa shape index (κ2) is 8.11. The minimum atomic E-state index is 0.150. The maximum absolute atomic E-state index is 9.51. The molecule has 0 aromatic heterocycles. The summed E-state index contributed by atoms with van der Waals surface area (Å²) in [7, 11) is 1.65. The molecule has 0 heterocycles. The summed E-state index contributed by atoms with van der Waals surface area (Å²) < 4.78 is 5.14.